The van der Waals surface area contributed by atoms with Gasteiger partial charge in [-0.15, -0.1) is 0 Å². The molecule has 0 fully saturated rings. The smallest absolute Gasteiger partial charge is 0.241 e. The molecule has 132 valence electrons. The minimum Gasteiger partial charge on any atom is -0.392 e. The third-order valence-electron chi connectivity index (χ3n) is 5.06. The molecule has 3 rings (SSSR count). The standard InChI is InChI=1S/C21H26N2O2/c1-16(24)14-22-20(25)21(12-18-10-6-7-11-19(18)13-21)23(2)15-17-8-4-3-5-9-17/h3-11,16,24H,12-15H2,1-2H3,(H,22,25). The average Bonchev–Trinajstić information content (AvgIpc) is 3.01. The van der Waals surface area contributed by atoms with Crippen molar-refractivity contribution in [1.82, 2.24) is 10.2 Å². The Hall–Kier alpha value is -2.17. The van der Waals surface area contributed by atoms with Crippen LogP contribution in [0.25, 0.3) is 0 Å². The molecule has 2 aromatic rings. The third-order valence-corrected chi connectivity index (χ3v) is 5.06. The van der Waals surface area contributed by atoms with Crippen LogP contribution in [0.1, 0.15) is 23.6 Å². The van der Waals surface area contributed by atoms with Gasteiger partial charge < -0.3 is 10.4 Å². The number of likely N-dealkylation sites (N-methyl/N-ethyl adjacent to an activating group) is 1. The lowest BCUT2D eigenvalue weighted by atomic mass is 9.91. The van der Waals surface area contributed by atoms with E-state index < -0.39 is 11.6 Å². The van der Waals surface area contributed by atoms with Crippen molar-refractivity contribution in [3.8, 4) is 0 Å². The zero-order chi connectivity index (χ0) is 17.9. The molecule has 1 aliphatic rings. The lowest BCUT2D eigenvalue weighted by Crippen LogP contribution is -2.58. The first kappa shape index (κ1) is 17.6. The summed E-state index contributed by atoms with van der Waals surface area (Å²) in [4.78, 5) is 15.3. The summed E-state index contributed by atoms with van der Waals surface area (Å²) in [5.41, 5.74) is 3.03. The van der Waals surface area contributed by atoms with Gasteiger partial charge in [0, 0.05) is 25.9 Å². The number of aliphatic hydroxyl groups is 1. The van der Waals surface area contributed by atoms with Gasteiger partial charge in [-0.3, -0.25) is 9.69 Å². The third kappa shape index (κ3) is 3.75. The summed E-state index contributed by atoms with van der Waals surface area (Å²) in [7, 11) is 2.01. The van der Waals surface area contributed by atoms with E-state index in [0.717, 1.165) is 0 Å². The van der Waals surface area contributed by atoms with Crippen LogP contribution in [0.2, 0.25) is 0 Å². The maximum atomic E-state index is 13.1. The first-order valence-corrected chi connectivity index (χ1v) is 8.79. The molecule has 0 bridgehead atoms. The SMILES string of the molecule is CC(O)CNC(=O)C1(N(C)Cc2ccccc2)Cc2ccccc2C1. The van der Waals surface area contributed by atoms with Crippen molar-refractivity contribution in [2.45, 2.75) is 38.0 Å². The number of fused-ring (bicyclic) bond motifs is 1. The summed E-state index contributed by atoms with van der Waals surface area (Å²) in [5, 5.41) is 12.5. The number of hydrogen-bond donors (Lipinski definition) is 2. The number of aliphatic hydroxyl groups excluding tert-OH is 1. The van der Waals surface area contributed by atoms with Crippen LogP contribution in [0.5, 0.6) is 0 Å². The molecule has 1 atom stereocenters. The number of nitrogens with zero attached hydrogens (tertiary/aromatic N) is 1. The molecule has 25 heavy (non-hydrogen) atoms. The van der Waals surface area contributed by atoms with Crippen molar-refractivity contribution in [2.75, 3.05) is 13.6 Å². The molecule has 0 saturated heterocycles. The second-order valence-corrected chi connectivity index (χ2v) is 7.05. The number of hydrogen-bond acceptors (Lipinski definition) is 3. The number of carbonyl (C=O) groups is 1. The predicted molar refractivity (Wildman–Crippen MR) is 99.2 cm³/mol. The van der Waals surface area contributed by atoms with E-state index in [1.807, 2.05) is 37.4 Å². The van der Waals surface area contributed by atoms with Gasteiger partial charge in [-0.05, 0) is 30.7 Å². The van der Waals surface area contributed by atoms with E-state index in [4.69, 9.17) is 0 Å². The van der Waals surface area contributed by atoms with E-state index in [-0.39, 0.29) is 12.5 Å². The fraction of sp³-hybridized carbons (Fsp3) is 0.381. The number of carbonyl (C=O) groups excluding carboxylic acids is 1. The van der Waals surface area contributed by atoms with Crippen LogP contribution in [-0.2, 0) is 24.2 Å². The lowest BCUT2D eigenvalue weighted by molar-refractivity contribution is -0.133. The maximum absolute atomic E-state index is 13.1. The molecule has 1 amide bonds. The van der Waals surface area contributed by atoms with Gasteiger partial charge in [-0.1, -0.05) is 54.6 Å². The summed E-state index contributed by atoms with van der Waals surface area (Å²) in [6.07, 6.45) is 0.834. The van der Waals surface area contributed by atoms with Crippen LogP contribution in [-0.4, -0.2) is 41.1 Å². The van der Waals surface area contributed by atoms with Crippen molar-refractivity contribution in [1.29, 1.82) is 0 Å². The Labute approximate surface area is 149 Å². The highest BCUT2D eigenvalue weighted by molar-refractivity contribution is 5.88. The first-order valence-electron chi connectivity index (χ1n) is 8.79. The maximum Gasteiger partial charge on any atom is 0.241 e. The Morgan fingerprint density at radius 2 is 1.68 bits per heavy atom. The molecule has 0 heterocycles. The fourth-order valence-corrected chi connectivity index (χ4v) is 3.61. The molecular formula is C21H26N2O2. The molecule has 0 saturated carbocycles. The van der Waals surface area contributed by atoms with E-state index in [0.29, 0.717) is 19.4 Å². The van der Waals surface area contributed by atoms with Crippen molar-refractivity contribution in [3.63, 3.8) is 0 Å². The summed E-state index contributed by atoms with van der Waals surface area (Å²) in [5.74, 6) is -0.0111. The number of amides is 1. The number of nitrogens with one attached hydrogen (secondary N) is 1. The normalized spacial score (nSPS) is 16.5. The van der Waals surface area contributed by atoms with Gasteiger partial charge in [-0.2, -0.15) is 0 Å². The summed E-state index contributed by atoms with van der Waals surface area (Å²) in [6, 6.07) is 18.5. The van der Waals surface area contributed by atoms with Crippen LogP contribution < -0.4 is 5.32 Å². The van der Waals surface area contributed by atoms with Crippen molar-refractivity contribution in [3.05, 3.63) is 71.3 Å². The van der Waals surface area contributed by atoms with E-state index in [1.165, 1.54) is 16.7 Å². The molecule has 2 aromatic carbocycles. The van der Waals surface area contributed by atoms with Gasteiger partial charge in [0.15, 0.2) is 0 Å². The lowest BCUT2D eigenvalue weighted by Gasteiger charge is -2.37. The van der Waals surface area contributed by atoms with Crippen molar-refractivity contribution >= 4 is 5.91 Å². The highest BCUT2D eigenvalue weighted by Gasteiger charge is 2.46. The molecule has 0 spiro atoms. The Kier molecular flexibility index (Phi) is 5.21. The Morgan fingerprint density at radius 1 is 1.12 bits per heavy atom. The van der Waals surface area contributed by atoms with Crippen LogP contribution in [0.3, 0.4) is 0 Å². The quantitative estimate of drug-likeness (QED) is 0.849. The minimum absolute atomic E-state index is 0.0111. The number of benzene rings is 2. The Bertz CT molecular complexity index is 703. The van der Waals surface area contributed by atoms with E-state index in [2.05, 4.69) is 34.5 Å². The summed E-state index contributed by atoms with van der Waals surface area (Å²) < 4.78 is 0. The van der Waals surface area contributed by atoms with Crippen molar-refractivity contribution < 1.29 is 9.90 Å². The monoisotopic (exact) mass is 338 g/mol. The van der Waals surface area contributed by atoms with Crippen LogP contribution in [0.4, 0.5) is 0 Å². The first-order chi connectivity index (χ1) is 12.0. The van der Waals surface area contributed by atoms with Gasteiger partial charge in [0.1, 0.15) is 5.54 Å². The summed E-state index contributed by atoms with van der Waals surface area (Å²) in [6.45, 7) is 2.66. The highest BCUT2D eigenvalue weighted by atomic mass is 16.3. The molecule has 4 heteroatoms. The van der Waals surface area contributed by atoms with Crippen LogP contribution in [0, 0.1) is 0 Å². The second-order valence-electron chi connectivity index (χ2n) is 7.05. The van der Waals surface area contributed by atoms with Crippen LogP contribution >= 0.6 is 0 Å². The van der Waals surface area contributed by atoms with Gasteiger partial charge in [0.05, 0.1) is 6.10 Å². The van der Waals surface area contributed by atoms with E-state index >= 15 is 0 Å². The Balaban J connectivity index is 1.86. The van der Waals surface area contributed by atoms with Crippen LogP contribution in [0.15, 0.2) is 54.6 Å². The van der Waals surface area contributed by atoms with Gasteiger partial charge in [0.2, 0.25) is 5.91 Å². The molecule has 1 unspecified atom stereocenters. The van der Waals surface area contributed by atoms with E-state index in [9.17, 15) is 9.90 Å². The zero-order valence-corrected chi connectivity index (χ0v) is 14.9. The fourth-order valence-electron chi connectivity index (χ4n) is 3.61. The molecule has 1 aliphatic carbocycles. The zero-order valence-electron chi connectivity index (χ0n) is 14.9. The molecule has 4 nitrogen and oxygen atoms in total. The average molecular weight is 338 g/mol. The minimum atomic E-state index is -0.617. The van der Waals surface area contributed by atoms with Crippen molar-refractivity contribution in [2.24, 2.45) is 0 Å². The molecule has 0 aromatic heterocycles. The largest absolute Gasteiger partial charge is 0.392 e. The predicted octanol–water partition coefficient (Wildman–Crippen LogP) is 2.15. The Morgan fingerprint density at radius 3 is 2.24 bits per heavy atom. The molecule has 0 aliphatic heterocycles. The van der Waals surface area contributed by atoms with Gasteiger partial charge >= 0.3 is 0 Å². The topological polar surface area (TPSA) is 52.6 Å². The molecular weight excluding hydrogens is 312 g/mol. The highest BCUT2D eigenvalue weighted by Crippen LogP contribution is 2.35. The van der Waals surface area contributed by atoms with Gasteiger partial charge in [0.25, 0.3) is 0 Å². The summed E-state index contributed by atoms with van der Waals surface area (Å²) >= 11 is 0. The number of rotatable bonds is 6. The second kappa shape index (κ2) is 7.38. The molecule has 0 radical (unpaired) electrons. The van der Waals surface area contributed by atoms with E-state index in [1.54, 1.807) is 6.92 Å². The van der Waals surface area contributed by atoms with Gasteiger partial charge in [-0.25, -0.2) is 0 Å². The molecule has 2 N–H and O–H groups in total.